The van der Waals surface area contributed by atoms with Crippen LogP contribution in [0.25, 0.3) is 0 Å². The third-order valence-corrected chi connectivity index (χ3v) is 3.47. The Kier molecular flexibility index (Phi) is 4.78. The van der Waals surface area contributed by atoms with Crippen LogP contribution in [0.2, 0.25) is 5.02 Å². The molecule has 0 radical (unpaired) electrons. The lowest BCUT2D eigenvalue weighted by Gasteiger charge is -2.22. The van der Waals surface area contributed by atoms with Crippen LogP contribution in [0, 0.1) is 5.82 Å². The summed E-state index contributed by atoms with van der Waals surface area (Å²) in [5, 5.41) is 8.14. The number of aromatic nitrogens is 2. The minimum Gasteiger partial charge on any atom is -0.305 e. The molecule has 2 rings (SSSR count). The summed E-state index contributed by atoms with van der Waals surface area (Å²) >= 11 is 6.28. The first-order valence-corrected chi connectivity index (χ1v) is 7.14. The van der Waals surface area contributed by atoms with Gasteiger partial charge in [-0.3, -0.25) is 4.68 Å². The van der Waals surface area contributed by atoms with Gasteiger partial charge in [-0.2, -0.15) is 5.10 Å². The van der Waals surface area contributed by atoms with Crippen LogP contribution < -0.4 is 5.32 Å². The maximum Gasteiger partial charge on any atom is 0.128 e. The monoisotopic (exact) mass is 295 g/mol. The lowest BCUT2D eigenvalue weighted by molar-refractivity contribution is 0.467. The molecule has 20 heavy (non-hydrogen) atoms. The van der Waals surface area contributed by atoms with Crippen molar-refractivity contribution in [3.05, 3.63) is 52.6 Å². The molecule has 1 unspecified atom stereocenters. The molecule has 3 nitrogen and oxygen atoms in total. The molecule has 0 bridgehead atoms. The van der Waals surface area contributed by atoms with Gasteiger partial charge in [-0.05, 0) is 26.5 Å². The van der Waals surface area contributed by atoms with Crippen molar-refractivity contribution in [1.29, 1.82) is 0 Å². The summed E-state index contributed by atoms with van der Waals surface area (Å²) in [7, 11) is 0. The Balaban J connectivity index is 2.55. The molecule has 0 saturated carbocycles. The van der Waals surface area contributed by atoms with Crippen LogP contribution in [0.4, 0.5) is 4.39 Å². The first-order valence-electron chi connectivity index (χ1n) is 6.77. The van der Waals surface area contributed by atoms with E-state index in [4.69, 9.17) is 11.6 Å². The number of halogens is 2. The van der Waals surface area contributed by atoms with Crippen molar-refractivity contribution < 1.29 is 4.39 Å². The molecule has 1 heterocycles. The van der Waals surface area contributed by atoms with E-state index in [1.165, 1.54) is 6.07 Å². The van der Waals surface area contributed by atoms with E-state index in [0.29, 0.717) is 17.1 Å². The largest absolute Gasteiger partial charge is 0.305 e. The summed E-state index contributed by atoms with van der Waals surface area (Å²) in [5.74, 6) is -0.244. The fourth-order valence-electron chi connectivity index (χ4n) is 2.30. The zero-order valence-corrected chi connectivity index (χ0v) is 12.7. The van der Waals surface area contributed by atoms with E-state index in [1.807, 2.05) is 31.5 Å². The van der Waals surface area contributed by atoms with Crippen molar-refractivity contribution in [3.8, 4) is 0 Å². The second-order valence-corrected chi connectivity index (χ2v) is 5.34. The molecular formula is C15H19ClFN3. The van der Waals surface area contributed by atoms with E-state index >= 15 is 0 Å². The van der Waals surface area contributed by atoms with Crippen molar-refractivity contribution in [2.75, 3.05) is 6.54 Å². The van der Waals surface area contributed by atoms with Gasteiger partial charge >= 0.3 is 0 Å². The maximum absolute atomic E-state index is 14.1. The Labute approximate surface area is 123 Å². The molecule has 1 aromatic carbocycles. The molecule has 0 aliphatic carbocycles. The molecule has 0 spiro atoms. The average molecular weight is 296 g/mol. The molecule has 0 aliphatic heterocycles. The van der Waals surface area contributed by atoms with E-state index in [0.717, 1.165) is 5.69 Å². The van der Waals surface area contributed by atoms with Crippen LogP contribution in [0.5, 0.6) is 0 Å². The predicted octanol–water partition coefficient (Wildman–Crippen LogP) is 3.96. The summed E-state index contributed by atoms with van der Waals surface area (Å²) in [5.41, 5.74) is 1.38. The number of hydrogen-bond donors (Lipinski definition) is 1. The second-order valence-electron chi connectivity index (χ2n) is 4.93. The van der Waals surface area contributed by atoms with Crippen LogP contribution in [0.3, 0.4) is 0 Å². The van der Waals surface area contributed by atoms with Gasteiger partial charge in [0.15, 0.2) is 0 Å². The number of hydrogen-bond acceptors (Lipinski definition) is 2. The van der Waals surface area contributed by atoms with E-state index < -0.39 is 0 Å². The van der Waals surface area contributed by atoms with Crippen molar-refractivity contribution in [3.63, 3.8) is 0 Å². The second kappa shape index (κ2) is 6.37. The predicted molar refractivity (Wildman–Crippen MR) is 79.5 cm³/mol. The first kappa shape index (κ1) is 15.0. The Bertz CT molecular complexity index is 580. The fourth-order valence-corrected chi connectivity index (χ4v) is 2.54. The average Bonchev–Trinajstić information content (AvgIpc) is 2.79. The Morgan fingerprint density at radius 1 is 1.35 bits per heavy atom. The van der Waals surface area contributed by atoms with Crippen LogP contribution in [0.15, 0.2) is 30.5 Å². The van der Waals surface area contributed by atoms with Gasteiger partial charge in [0.05, 0.1) is 23.0 Å². The number of benzene rings is 1. The molecule has 1 N–H and O–H groups in total. The van der Waals surface area contributed by atoms with Gasteiger partial charge < -0.3 is 5.32 Å². The number of nitrogens with one attached hydrogen (secondary N) is 1. The molecule has 0 fully saturated rings. The standard InChI is InChI=1S/C15H19ClFN3/c1-4-18-14(11-7-5-6-8-13(11)17)15-12(16)9-19-20(15)10(2)3/h5-10,14,18H,4H2,1-3H3. The van der Waals surface area contributed by atoms with Gasteiger partial charge in [0.1, 0.15) is 5.82 Å². The molecule has 0 amide bonds. The quantitative estimate of drug-likeness (QED) is 0.905. The topological polar surface area (TPSA) is 29.9 Å². The van der Waals surface area contributed by atoms with Crippen molar-refractivity contribution in [1.82, 2.24) is 15.1 Å². The minimum atomic E-state index is -0.307. The maximum atomic E-state index is 14.1. The van der Waals surface area contributed by atoms with Crippen LogP contribution in [-0.2, 0) is 0 Å². The third-order valence-electron chi connectivity index (χ3n) is 3.17. The highest BCUT2D eigenvalue weighted by Crippen LogP contribution is 2.31. The summed E-state index contributed by atoms with van der Waals surface area (Å²) in [6.45, 7) is 6.74. The summed E-state index contributed by atoms with van der Waals surface area (Å²) in [6.07, 6.45) is 1.61. The van der Waals surface area contributed by atoms with Gasteiger partial charge in [0.2, 0.25) is 0 Å². The molecule has 0 saturated heterocycles. The molecular weight excluding hydrogens is 277 g/mol. The van der Waals surface area contributed by atoms with E-state index in [1.54, 1.807) is 18.3 Å². The first-order chi connectivity index (χ1) is 9.56. The van der Waals surface area contributed by atoms with E-state index in [-0.39, 0.29) is 17.9 Å². The molecule has 5 heteroatoms. The lowest BCUT2D eigenvalue weighted by atomic mass is 10.0. The Morgan fingerprint density at radius 3 is 2.65 bits per heavy atom. The van der Waals surface area contributed by atoms with Crippen molar-refractivity contribution in [2.45, 2.75) is 32.9 Å². The normalized spacial score (nSPS) is 12.9. The minimum absolute atomic E-state index is 0.158. The summed E-state index contributed by atoms with van der Waals surface area (Å²) < 4.78 is 15.9. The zero-order valence-electron chi connectivity index (χ0n) is 11.9. The van der Waals surface area contributed by atoms with E-state index in [9.17, 15) is 4.39 Å². The smallest absolute Gasteiger partial charge is 0.128 e. The third kappa shape index (κ3) is 2.86. The van der Waals surface area contributed by atoms with Crippen molar-refractivity contribution in [2.24, 2.45) is 0 Å². The van der Waals surface area contributed by atoms with Gasteiger partial charge in [0.25, 0.3) is 0 Å². The Hall–Kier alpha value is -1.39. The molecule has 1 aromatic heterocycles. The van der Waals surface area contributed by atoms with Crippen LogP contribution in [-0.4, -0.2) is 16.3 Å². The van der Waals surface area contributed by atoms with Crippen LogP contribution in [0.1, 0.15) is 44.1 Å². The van der Waals surface area contributed by atoms with Gasteiger partial charge in [0, 0.05) is 11.6 Å². The van der Waals surface area contributed by atoms with Crippen LogP contribution >= 0.6 is 11.6 Å². The van der Waals surface area contributed by atoms with E-state index in [2.05, 4.69) is 10.4 Å². The highest BCUT2D eigenvalue weighted by atomic mass is 35.5. The van der Waals surface area contributed by atoms with Gasteiger partial charge in [-0.15, -0.1) is 0 Å². The SMILES string of the molecule is CCNC(c1ccccc1F)c1c(Cl)cnn1C(C)C. The lowest BCUT2D eigenvalue weighted by Crippen LogP contribution is -2.26. The van der Waals surface area contributed by atoms with Gasteiger partial charge in [-0.25, -0.2) is 4.39 Å². The van der Waals surface area contributed by atoms with Crippen molar-refractivity contribution >= 4 is 11.6 Å². The van der Waals surface area contributed by atoms with Gasteiger partial charge in [-0.1, -0.05) is 36.7 Å². The molecule has 108 valence electrons. The zero-order chi connectivity index (χ0) is 14.7. The molecule has 1 atom stereocenters. The summed E-state index contributed by atoms with van der Waals surface area (Å²) in [4.78, 5) is 0. The fraction of sp³-hybridized carbons (Fsp3) is 0.400. The highest BCUT2D eigenvalue weighted by molar-refractivity contribution is 6.31. The molecule has 2 aromatic rings. The highest BCUT2D eigenvalue weighted by Gasteiger charge is 2.24. The number of nitrogens with zero attached hydrogens (tertiary/aromatic N) is 2. The Morgan fingerprint density at radius 2 is 2.05 bits per heavy atom. The molecule has 0 aliphatic rings. The number of rotatable bonds is 5. The summed E-state index contributed by atoms with van der Waals surface area (Å²) in [6, 6.07) is 6.60.